The van der Waals surface area contributed by atoms with E-state index < -0.39 is 0 Å². The number of ether oxygens (including phenoxy) is 1. The highest BCUT2D eigenvalue weighted by Crippen LogP contribution is 2.36. The molecule has 0 radical (unpaired) electrons. The molecular weight excluding hydrogens is 198 g/mol. The van der Waals surface area contributed by atoms with Gasteiger partial charge in [0.25, 0.3) is 0 Å². The fraction of sp³-hybridized carbons (Fsp3) is 1.00. The van der Waals surface area contributed by atoms with Gasteiger partial charge in [0.1, 0.15) is 0 Å². The van der Waals surface area contributed by atoms with Gasteiger partial charge in [0, 0.05) is 12.6 Å². The predicted molar refractivity (Wildman–Crippen MR) is 69.7 cm³/mol. The third-order valence-electron chi connectivity index (χ3n) is 3.51. The number of hydrogen-bond donors (Lipinski definition) is 1. The summed E-state index contributed by atoms with van der Waals surface area (Å²) < 4.78 is 5.91. The zero-order valence-corrected chi connectivity index (χ0v) is 11.5. The molecule has 0 aromatic rings. The molecule has 1 rings (SSSR count). The molecule has 2 nitrogen and oxygen atoms in total. The van der Waals surface area contributed by atoms with Crippen molar-refractivity contribution in [1.29, 1.82) is 0 Å². The predicted octanol–water partition coefficient (Wildman–Crippen LogP) is 3.22. The minimum atomic E-state index is 0.460. The molecule has 2 atom stereocenters. The molecule has 0 spiro atoms. The largest absolute Gasteiger partial charge is 0.377 e. The van der Waals surface area contributed by atoms with E-state index in [-0.39, 0.29) is 0 Å². The van der Waals surface area contributed by atoms with E-state index in [9.17, 15) is 0 Å². The zero-order chi connectivity index (χ0) is 12.0. The van der Waals surface area contributed by atoms with Crippen molar-refractivity contribution >= 4 is 0 Å². The van der Waals surface area contributed by atoms with Crippen LogP contribution in [0.1, 0.15) is 52.9 Å². The number of likely N-dealkylation sites (N-methyl/N-ethyl adjacent to an activating group) is 1. The van der Waals surface area contributed by atoms with Crippen molar-refractivity contribution in [2.24, 2.45) is 11.8 Å². The van der Waals surface area contributed by atoms with E-state index in [1.165, 1.54) is 32.1 Å². The van der Waals surface area contributed by atoms with Crippen LogP contribution in [0.2, 0.25) is 0 Å². The van der Waals surface area contributed by atoms with Crippen molar-refractivity contribution in [3.63, 3.8) is 0 Å². The summed E-state index contributed by atoms with van der Waals surface area (Å²) in [5.74, 6) is 1.65. The van der Waals surface area contributed by atoms with Crippen molar-refractivity contribution in [2.45, 2.75) is 65.0 Å². The van der Waals surface area contributed by atoms with Crippen LogP contribution in [0.4, 0.5) is 0 Å². The van der Waals surface area contributed by atoms with Crippen molar-refractivity contribution in [3.05, 3.63) is 0 Å². The summed E-state index contributed by atoms with van der Waals surface area (Å²) in [5, 5.41) is 3.46. The lowest BCUT2D eigenvalue weighted by Gasteiger charge is -2.27. The van der Waals surface area contributed by atoms with Crippen LogP contribution in [-0.4, -0.2) is 25.8 Å². The van der Waals surface area contributed by atoms with Gasteiger partial charge >= 0.3 is 0 Å². The van der Waals surface area contributed by atoms with Crippen LogP contribution >= 0.6 is 0 Å². The van der Waals surface area contributed by atoms with Crippen molar-refractivity contribution in [2.75, 3.05) is 13.7 Å². The lowest BCUT2D eigenvalue weighted by molar-refractivity contribution is 0.0181. The van der Waals surface area contributed by atoms with Crippen molar-refractivity contribution in [3.8, 4) is 0 Å². The molecule has 1 N–H and O–H groups in total. The maximum Gasteiger partial charge on any atom is 0.0755 e. The van der Waals surface area contributed by atoms with Crippen LogP contribution in [0.3, 0.4) is 0 Å². The molecule has 0 aromatic heterocycles. The van der Waals surface area contributed by atoms with Gasteiger partial charge in [0.05, 0.1) is 6.10 Å². The van der Waals surface area contributed by atoms with Gasteiger partial charge in [-0.05, 0) is 45.1 Å². The van der Waals surface area contributed by atoms with E-state index >= 15 is 0 Å². The standard InChI is InChI=1S/C14H29NO/c1-5-16-14(12-9-10-12)13(15-4)8-6-7-11(2)3/h11-15H,5-10H2,1-4H3. The highest BCUT2D eigenvalue weighted by Gasteiger charge is 2.36. The van der Waals surface area contributed by atoms with Crippen LogP contribution in [0.5, 0.6) is 0 Å². The second-order valence-corrected chi connectivity index (χ2v) is 5.48. The second-order valence-electron chi connectivity index (χ2n) is 5.48. The Bertz CT molecular complexity index is 178. The SMILES string of the molecule is CCOC(C1CC1)C(CCCC(C)C)NC. The Morgan fingerprint density at radius 2 is 1.94 bits per heavy atom. The zero-order valence-electron chi connectivity index (χ0n) is 11.5. The van der Waals surface area contributed by atoms with Gasteiger partial charge in [0.2, 0.25) is 0 Å². The third-order valence-corrected chi connectivity index (χ3v) is 3.51. The Morgan fingerprint density at radius 1 is 1.25 bits per heavy atom. The van der Waals surface area contributed by atoms with Gasteiger partial charge in [-0.25, -0.2) is 0 Å². The molecule has 0 aromatic carbocycles. The maximum absolute atomic E-state index is 5.91. The Kier molecular flexibility index (Phi) is 6.37. The van der Waals surface area contributed by atoms with E-state index in [0.29, 0.717) is 12.1 Å². The molecule has 1 fully saturated rings. The van der Waals surface area contributed by atoms with Crippen molar-refractivity contribution < 1.29 is 4.74 Å². The molecule has 2 unspecified atom stereocenters. The van der Waals surface area contributed by atoms with Crippen LogP contribution in [0.25, 0.3) is 0 Å². The second kappa shape index (κ2) is 7.29. The highest BCUT2D eigenvalue weighted by molar-refractivity contribution is 4.89. The minimum absolute atomic E-state index is 0.460. The number of hydrogen-bond acceptors (Lipinski definition) is 2. The monoisotopic (exact) mass is 227 g/mol. The minimum Gasteiger partial charge on any atom is -0.377 e. The van der Waals surface area contributed by atoms with Gasteiger partial charge < -0.3 is 10.1 Å². The normalized spacial score (nSPS) is 20.1. The van der Waals surface area contributed by atoms with E-state index in [1.807, 2.05) is 0 Å². The lowest BCUT2D eigenvalue weighted by Crippen LogP contribution is -2.40. The third kappa shape index (κ3) is 4.84. The van der Waals surface area contributed by atoms with Gasteiger partial charge in [-0.15, -0.1) is 0 Å². The van der Waals surface area contributed by atoms with Crippen LogP contribution < -0.4 is 5.32 Å². The smallest absolute Gasteiger partial charge is 0.0755 e. The molecule has 1 saturated carbocycles. The summed E-state index contributed by atoms with van der Waals surface area (Å²) in [6.07, 6.45) is 7.11. The maximum atomic E-state index is 5.91. The molecule has 0 amide bonds. The molecule has 0 heterocycles. The van der Waals surface area contributed by atoms with E-state index in [2.05, 4.69) is 33.1 Å². The first kappa shape index (κ1) is 14.0. The van der Waals surface area contributed by atoms with Gasteiger partial charge in [0.15, 0.2) is 0 Å². The molecule has 0 saturated heterocycles. The number of nitrogens with one attached hydrogen (secondary N) is 1. The molecule has 96 valence electrons. The Morgan fingerprint density at radius 3 is 2.38 bits per heavy atom. The van der Waals surface area contributed by atoms with E-state index in [0.717, 1.165) is 18.4 Å². The van der Waals surface area contributed by atoms with Crippen molar-refractivity contribution in [1.82, 2.24) is 5.32 Å². The quantitative estimate of drug-likeness (QED) is 0.653. The first-order valence-corrected chi connectivity index (χ1v) is 6.97. The average Bonchev–Trinajstić information content (AvgIpc) is 3.05. The average molecular weight is 227 g/mol. The summed E-state index contributed by atoms with van der Waals surface area (Å²) in [6.45, 7) is 7.56. The molecule has 0 aliphatic heterocycles. The molecule has 16 heavy (non-hydrogen) atoms. The highest BCUT2D eigenvalue weighted by atomic mass is 16.5. The Labute approximate surface area is 101 Å². The fourth-order valence-corrected chi connectivity index (χ4v) is 2.42. The van der Waals surface area contributed by atoms with Crippen LogP contribution in [0.15, 0.2) is 0 Å². The first-order chi connectivity index (χ1) is 7.69. The Hall–Kier alpha value is -0.0800. The molecular formula is C14H29NO. The topological polar surface area (TPSA) is 21.3 Å². The summed E-state index contributed by atoms with van der Waals surface area (Å²) in [4.78, 5) is 0. The molecule has 1 aliphatic carbocycles. The number of rotatable bonds is 9. The fourth-order valence-electron chi connectivity index (χ4n) is 2.42. The lowest BCUT2D eigenvalue weighted by atomic mass is 9.97. The molecule has 0 bridgehead atoms. The van der Waals surface area contributed by atoms with Gasteiger partial charge in [-0.2, -0.15) is 0 Å². The van der Waals surface area contributed by atoms with Crippen LogP contribution in [-0.2, 0) is 4.74 Å². The first-order valence-electron chi connectivity index (χ1n) is 6.97. The molecule has 1 aliphatic rings. The summed E-state index contributed by atoms with van der Waals surface area (Å²) in [7, 11) is 2.08. The van der Waals surface area contributed by atoms with E-state index in [4.69, 9.17) is 4.74 Å². The summed E-state index contributed by atoms with van der Waals surface area (Å²) in [5.41, 5.74) is 0. The summed E-state index contributed by atoms with van der Waals surface area (Å²) in [6, 6.07) is 0.561. The summed E-state index contributed by atoms with van der Waals surface area (Å²) >= 11 is 0. The van der Waals surface area contributed by atoms with Crippen LogP contribution in [0, 0.1) is 11.8 Å². The van der Waals surface area contributed by atoms with Gasteiger partial charge in [-0.3, -0.25) is 0 Å². The molecule has 2 heteroatoms. The Balaban J connectivity index is 2.31. The van der Waals surface area contributed by atoms with E-state index in [1.54, 1.807) is 0 Å². The van der Waals surface area contributed by atoms with Gasteiger partial charge in [-0.1, -0.05) is 26.7 Å².